The number of aryl methyl sites for hydroxylation is 1. The number of rotatable bonds is 4. The number of nitrogens with zero attached hydrogens (tertiary/aromatic N) is 2. The van der Waals surface area contributed by atoms with Gasteiger partial charge in [-0.2, -0.15) is 13.5 Å². The van der Waals surface area contributed by atoms with Crippen molar-refractivity contribution in [1.29, 1.82) is 0 Å². The zero-order valence-electron chi connectivity index (χ0n) is 10.4. The van der Waals surface area contributed by atoms with Crippen LogP contribution in [0.3, 0.4) is 0 Å². The molecule has 102 valence electrons. The van der Waals surface area contributed by atoms with Gasteiger partial charge in [0.2, 0.25) is 0 Å². The highest BCUT2D eigenvalue weighted by molar-refractivity contribution is 7.92. The molecule has 0 unspecified atom stereocenters. The Morgan fingerprint density at radius 3 is 2.26 bits per heavy atom. The Kier molecular flexibility index (Phi) is 3.68. The summed E-state index contributed by atoms with van der Waals surface area (Å²) >= 11 is 5.83. The van der Waals surface area contributed by atoms with Crippen molar-refractivity contribution in [2.24, 2.45) is 7.05 Å². The molecule has 0 saturated heterocycles. The van der Waals surface area contributed by atoms with Gasteiger partial charge in [0, 0.05) is 25.5 Å². The van der Waals surface area contributed by atoms with E-state index < -0.39 is 10.0 Å². The molecule has 2 N–H and O–H groups in total. The molecule has 8 heteroatoms. The third kappa shape index (κ3) is 2.82. The molecule has 0 atom stereocenters. The van der Waals surface area contributed by atoms with Gasteiger partial charge in [-0.25, -0.2) is 0 Å². The van der Waals surface area contributed by atoms with Crippen LogP contribution in [0.1, 0.15) is 0 Å². The second kappa shape index (κ2) is 5.10. The van der Waals surface area contributed by atoms with Crippen LogP contribution in [-0.2, 0) is 17.1 Å². The molecule has 0 fully saturated rings. The van der Waals surface area contributed by atoms with Gasteiger partial charge in [0.05, 0.1) is 11.2 Å². The average molecular weight is 301 g/mol. The normalized spacial score (nSPS) is 11.3. The molecule has 1 heterocycles. The van der Waals surface area contributed by atoms with E-state index in [4.69, 9.17) is 11.6 Å². The smallest absolute Gasteiger partial charge is 0.280 e. The third-order valence-corrected chi connectivity index (χ3v) is 4.41. The van der Waals surface area contributed by atoms with E-state index in [9.17, 15) is 8.42 Å². The molecule has 19 heavy (non-hydrogen) atoms. The Morgan fingerprint density at radius 1 is 1.21 bits per heavy atom. The zero-order chi connectivity index (χ0) is 14.0. The van der Waals surface area contributed by atoms with Gasteiger partial charge in [-0.05, 0) is 24.3 Å². The Bertz CT molecular complexity index is 660. The molecule has 0 bridgehead atoms. The molecule has 0 aliphatic rings. The van der Waals surface area contributed by atoms with E-state index in [1.807, 2.05) is 0 Å². The van der Waals surface area contributed by atoms with E-state index in [1.165, 1.54) is 17.9 Å². The number of aromatic nitrogens is 2. The molecule has 0 aliphatic carbocycles. The minimum atomic E-state index is -3.75. The SMILES string of the molecule is CNc1ccc(NS(=O)(=O)c2c(Cl)cnn2C)cc1. The van der Waals surface area contributed by atoms with Crippen molar-refractivity contribution in [3.63, 3.8) is 0 Å². The number of nitrogens with one attached hydrogen (secondary N) is 2. The summed E-state index contributed by atoms with van der Waals surface area (Å²) in [5.41, 5.74) is 1.35. The second-order valence-electron chi connectivity index (χ2n) is 3.85. The van der Waals surface area contributed by atoms with Crippen molar-refractivity contribution in [1.82, 2.24) is 9.78 Å². The summed E-state index contributed by atoms with van der Waals surface area (Å²) in [7, 11) is -0.448. The fourth-order valence-electron chi connectivity index (χ4n) is 1.61. The summed E-state index contributed by atoms with van der Waals surface area (Å²) in [6.45, 7) is 0. The summed E-state index contributed by atoms with van der Waals surface area (Å²) in [6, 6.07) is 6.85. The zero-order valence-corrected chi connectivity index (χ0v) is 12.0. The highest BCUT2D eigenvalue weighted by Crippen LogP contribution is 2.23. The van der Waals surface area contributed by atoms with Crippen molar-refractivity contribution in [2.45, 2.75) is 5.03 Å². The summed E-state index contributed by atoms with van der Waals surface area (Å²) < 4.78 is 28.0. The Morgan fingerprint density at radius 2 is 1.79 bits per heavy atom. The molecule has 0 spiro atoms. The number of benzene rings is 1. The Labute approximate surface area is 116 Å². The molecule has 0 amide bonds. The van der Waals surface area contributed by atoms with Gasteiger partial charge in [-0.3, -0.25) is 9.40 Å². The van der Waals surface area contributed by atoms with Gasteiger partial charge in [0.25, 0.3) is 10.0 Å². The third-order valence-electron chi connectivity index (χ3n) is 2.52. The number of halogens is 1. The van der Waals surface area contributed by atoms with E-state index in [2.05, 4.69) is 15.1 Å². The maximum atomic E-state index is 12.2. The predicted molar refractivity (Wildman–Crippen MR) is 75.0 cm³/mol. The van der Waals surface area contributed by atoms with Crippen molar-refractivity contribution in [3.05, 3.63) is 35.5 Å². The minimum Gasteiger partial charge on any atom is -0.388 e. The topological polar surface area (TPSA) is 76.0 Å². The lowest BCUT2D eigenvalue weighted by Crippen LogP contribution is -2.17. The standard InChI is InChI=1S/C11H13ClN4O2S/c1-13-8-3-5-9(6-4-8)15-19(17,18)11-10(12)7-14-16(11)2/h3-7,13,15H,1-2H3. The van der Waals surface area contributed by atoms with Crippen molar-refractivity contribution < 1.29 is 8.42 Å². The molecule has 1 aromatic heterocycles. The molecule has 0 aliphatic heterocycles. The Balaban J connectivity index is 2.31. The fourth-order valence-corrected chi connectivity index (χ4v) is 3.33. The maximum absolute atomic E-state index is 12.2. The van der Waals surface area contributed by atoms with Crippen LogP contribution < -0.4 is 10.0 Å². The van der Waals surface area contributed by atoms with E-state index in [0.717, 1.165) is 5.69 Å². The van der Waals surface area contributed by atoms with E-state index in [1.54, 1.807) is 31.3 Å². The van der Waals surface area contributed by atoms with Crippen LogP contribution in [-0.4, -0.2) is 25.2 Å². The van der Waals surface area contributed by atoms with Gasteiger partial charge >= 0.3 is 0 Å². The first kappa shape index (κ1) is 13.7. The summed E-state index contributed by atoms with van der Waals surface area (Å²) in [5.74, 6) is 0. The molecule has 0 radical (unpaired) electrons. The number of hydrogen-bond acceptors (Lipinski definition) is 4. The van der Waals surface area contributed by atoms with Gasteiger partial charge < -0.3 is 5.32 Å². The van der Waals surface area contributed by atoms with Crippen LogP contribution in [0.5, 0.6) is 0 Å². The highest BCUT2D eigenvalue weighted by atomic mass is 35.5. The second-order valence-corrected chi connectivity index (χ2v) is 5.86. The first-order valence-corrected chi connectivity index (χ1v) is 7.28. The lowest BCUT2D eigenvalue weighted by Gasteiger charge is -2.09. The first-order chi connectivity index (χ1) is 8.94. The lowest BCUT2D eigenvalue weighted by molar-refractivity contribution is 0.582. The predicted octanol–water partition coefficient (Wildman–Crippen LogP) is 1.92. The maximum Gasteiger partial charge on any atom is 0.280 e. The molecular weight excluding hydrogens is 288 g/mol. The lowest BCUT2D eigenvalue weighted by atomic mass is 10.3. The van der Waals surface area contributed by atoms with Crippen LogP contribution in [0.15, 0.2) is 35.5 Å². The molecule has 2 rings (SSSR count). The van der Waals surface area contributed by atoms with Crippen LogP contribution in [0, 0.1) is 0 Å². The fraction of sp³-hybridized carbons (Fsp3) is 0.182. The van der Waals surface area contributed by atoms with Gasteiger partial charge in [-0.1, -0.05) is 11.6 Å². The Hall–Kier alpha value is -1.73. The van der Waals surface area contributed by atoms with E-state index in [0.29, 0.717) is 5.69 Å². The summed E-state index contributed by atoms with van der Waals surface area (Å²) in [4.78, 5) is 0. The quantitative estimate of drug-likeness (QED) is 0.904. The van der Waals surface area contributed by atoms with Crippen LogP contribution in [0.4, 0.5) is 11.4 Å². The first-order valence-electron chi connectivity index (χ1n) is 5.42. The van der Waals surface area contributed by atoms with E-state index in [-0.39, 0.29) is 10.0 Å². The van der Waals surface area contributed by atoms with Crippen LogP contribution in [0.25, 0.3) is 0 Å². The highest BCUT2D eigenvalue weighted by Gasteiger charge is 2.22. The minimum absolute atomic E-state index is 0.0631. The number of anilines is 2. The molecule has 6 nitrogen and oxygen atoms in total. The van der Waals surface area contributed by atoms with Gasteiger partial charge in [-0.15, -0.1) is 0 Å². The molecule has 2 aromatic rings. The van der Waals surface area contributed by atoms with Gasteiger partial charge in [0.15, 0.2) is 5.03 Å². The van der Waals surface area contributed by atoms with Crippen molar-refractivity contribution >= 4 is 33.0 Å². The molecular formula is C11H13ClN4O2S. The number of hydrogen-bond donors (Lipinski definition) is 2. The van der Waals surface area contributed by atoms with Gasteiger partial charge in [0.1, 0.15) is 0 Å². The molecule has 0 saturated carbocycles. The largest absolute Gasteiger partial charge is 0.388 e. The number of sulfonamides is 1. The molecule has 1 aromatic carbocycles. The van der Waals surface area contributed by atoms with Crippen LogP contribution in [0.2, 0.25) is 5.02 Å². The summed E-state index contributed by atoms with van der Waals surface area (Å²) in [5, 5.41) is 6.78. The van der Waals surface area contributed by atoms with Crippen molar-refractivity contribution in [2.75, 3.05) is 17.1 Å². The van der Waals surface area contributed by atoms with E-state index >= 15 is 0 Å². The summed E-state index contributed by atoms with van der Waals surface area (Å²) in [6.07, 6.45) is 1.29. The monoisotopic (exact) mass is 300 g/mol. The van der Waals surface area contributed by atoms with Crippen LogP contribution >= 0.6 is 11.6 Å². The van der Waals surface area contributed by atoms with Crippen molar-refractivity contribution in [3.8, 4) is 0 Å². The average Bonchev–Trinajstić information content (AvgIpc) is 2.70.